The zero-order valence-corrected chi connectivity index (χ0v) is 15.4. The summed E-state index contributed by atoms with van der Waals surface area (Å²) in [6, 6.07) is 11.1. The van der Waals surface area contributed by atoms with Crippen LogP contribution in [0, 0.1) is 0 Å². The quantitative estimate of drug-likeness (QED) is 0.778. The molecule has 1 amide bonds. The van der Waals surface area contributed by atoms with Crippen LogP contribution in [0.25, 0.3) is 0 Å². The number of hydrogen-bond acceptors (Lipinski definition) is 4. The van der Waals surface area contributed by atoms with Gasteiger partial charge in [-0.15, -0.1) is 0 Å². The molecular weight excluding hydrogens is 342 g/mol. The van der Waals surface area contributed by atoms with E-state index in [4.69, 9.17) is 25.8 Å². The number of ether oxygens (including phenoxy) is 3. The fourth-order valence-electron chi connectivity index (χ4n) is 2.46. The van der Waals surface area contributed by atoms with E-state index in [0.717, 1.165) is 11.1 Å². The maximum Gasteiger partial charge on any atom is 0.220 e. The second-order valence-electron chi connectivity index (χ2n) is 5.40. The standard InChI is InChI=1S/C19H22ClNO4/c1-23-16-10-13(11-17(24-2)19(16)25-3)8-9-18(22)21-12-14-6-4-5-7-15(14)20/h4-7,10-11H,8-9,12H2,1-3H3,(H,21,22). The minimum absolute atomic E-state index is 0.0475. The van der Waals surface area contributed by atoms with Crippen LogP contribution in [-0.4, -0.2) is 27.2 Å². The Balaban J connectivity index is 1.96. The van der Waals surface area contributed by atoms with E-state index in [1.807, 2.05) is 30.3 Å². The monoisotopic (exact) mass is 363 g/mol. The molecule has 0 bridgehead atoms. The summed E-state index contributed by atoms with van der Waals surface area (Å²) in [6.45, 7) is 0.410. The molecular formula is C19H22ClNO4. The van der Waals surface area contributed by atoms with Gasteiger partial charge in [-0.3, -0.25) is 4.79 Å². The van der Waals surface area contributed by atoms with Gasteiger partial charge in [0.15, 0.2) is 11.5 Å². The summed E-state index contributed by atoms with van der Waals surface area (Å²) in [5.74, 6) is 1.65. The van der Waals surface area contributed by atoms with Gasteiger partial charge in [0.05, 0.1) is 21.3 Å². The largest absolute Gasteiger partial charge is 0.493 e. The Bertz CT molecular complexity index is 708. The summed E-state index contributed by atoms with van der Waals surface area (Å²) in [5.41, 5.74) is 1.83. The molecule has 0 saturated heterocycles. The van der Waals surface area contributed by atoms with Gasteiger partial charge in [-0.2, -0.15) is 0 Å². The van der Waals surface area contributed by atoms with Crippen LogP contribution in [0.15, 0.2) is 36.4 Å². The summed E-state index contributed by atoms with van der Waals surface area (Å²) < 4.78 is 15.9. The molecule has 0 heterocycles. The fourth-order valence-corrected chi connectivity index (χ4v) is 2.66. The van der Waals surface area contributed by atoms with Crippen LogP contribution in [0.1, 0.15) is 17.5 Å². The molecule has 0 aromatic heterocycles. The normalized spacial score (nSPS) is 10.2. The van der Waals surface area contributed by atoms with Gasteiger partial charge < -0.3 is 19.5 Å². The summed E-state index contributed by atoms with van der Waals surface area (Å²) in [7, 11) is 4.69. The predicted molar refractivity (Wildman–Crippen MR) is 97.7 cm³/mol. The van der Waals surface area contributed by atoms with Gasteiger partial charge in [0, 0.05) is 18.0 Å². The van der Waals surface area contributed by atoms with Crippen LogP contribution in [0.2, 0.25) is 5.02 Å². The van der Waals surface area contributed by atoms with Crippen molar-refractivity contribution in [3.8, 4) is 17.2 Å². The van der Waals surface area contributed by atoms with E-state index in [0.29, 0.717) is 41.7 Å². The number of nitrogens with one attached hydrogen (secondary N) is 1. The molecule has 0 aliphatic heterocycles. The number of aryl methyl sites for hydroxylation is 1. The van der Waals surface area contributed by atoms with E-state index in [-0.39, 0.29) is 5.91 Å². The van der Waals surface area contributed by atoms with E-state index in [1.165, 1.54) is 0 Å². The molecule has 0 aliphatic carbocycles. The molecule has 0 unspecified atom stereocenters. The maximum atomic E-state index is 12.1. The van der Waals surface area contributed by atoms with Crippen molar-refractivity contribution in [3.63, 3.8) is 0 Å². The predicted octanol–water partition coefficient (Wildman–Crippen LogP) is 3.61. The molecule has 0 spiro atoms. The van der Waals surface area contributed by atoms with E-state index in [9.17, 15) is 4.79 Å². The van der Waals surface area contributed by atoms with Crippen LogP contribution >= 0.6 is 11.6 Å². The average Bonchev–Trinajstić information content (AvgIpc) is 2.64. The highest BCUT2D eigenvalue weighted by Crippen LogP contribution is 2.38. The second kappa shape index (κ2) is 9.18. The van der Waals surface area contributed by atoms with Crippen molar-refractivity contribution in [1.29, 1.82) is 0 Å². The Labute approximate surface area is 152 Å². The molecule has 134 valence electrons. The van der Waals surface area contributed by atoms with E-state index in [1.54, 1.807) is 27.4 Å². The Morgan fingerprint density at radius 3 is 2.24 bits per heavy atom. The molecule has 2 rings (SSSR count). The van der Waals surface area contributed by atoms with Gasteiger partial charge >= 0.3 is 0 Å². The van der Waals surface area contributed by atoms with Crippen LogP contribution < -0.4 is 19.5 Å². The molecule has 0 radical (unpaired) electrons. The molecule has 0 fully saturated rings. The van der Waals surface area contributed by atoms with Crippen molar-refractivity contribution in [1.82, 2.24) is 5.32 Å². The second-order valence-corrected chi connectivity index (χ2v) is 5.81. The molecule has 5 nitrogen and oxygen atoms in total. The third-order valence-corrected chi connectivity index (χ3v) is 4.17. The van der Waals surface area contributed by atoms with Crippen LogP contribution in [0.5, 0.6) is 17.2 Å². The first-order chi connectivity index (χ1) is 12.1. The third kappa shape index (κ3) is 5.03. The molecule has 0 saturated carbocycles. The lowest BCUT2D eigenvalue weighted by Crippen LogP contribution is -2.23. The minimum atomic E-state index is -0.0475. The maximum absolute atomic E-state index is 12.1. The van der Waals surface area contributed by atoms with E-state index in [2.05, 4.69) is 5.32 Å². The molecule has 2 aromatic carbocycles. The highest BCUT2D eigenvalue weighted by molar-refractivity contribution is 6.31. The van der Waals surface area contributed by atoms with Crippen molar-refractivity contribution in [2.75, 3.05) is 21.3 Å². The lowest BCUT2D eigenvalue weighted by molar-refractivity contribution is -0.121. The molecule has 25 heavy (non-hydrogen) atoms. The summed E-state index contributed by atoms with van der Waals surface area (Å²) in [6.07, 6.45) is 0.911. The number of carbonyl (C=O) groups is 1. The van der Waals surface area contributed by atoms with Crippen molar-refractivity contribution >= 4 is 17.5 Å². The van der Waals surface area contributed by atoms with Gasteiger partial charge in [0.2, 0.25) is 11.7 Å². The van der Waals surface area contributed by atoms with E-state index < -0.39 is 0 Å². The lowest BCUT2D eigenvalue weighted by atomic mass is 10.1. The average molecular weight is 364 g/mol. The topological polar surface area (TPSA) is 56.8 Å². The smallest absolute Gasteiger partial charge is 0.220 e. The fraction of sp³-hybridized carbons (Fsp3) is 0.316. The summed E-state index contributed by atoms with van der Waals surface area (Å²) in [4.78, 5) is 12.1. The Morgan fingerprint density at radius 1 is 1.04 bits per heavy atom. The van der Waals surface area contributed by atoms with Gasteiger partial charge in [0.1, 0.15) is 0 Å². The number of hydrogen-bond donors (Lipinski definition) is 1. The van der Waals surface area contributed by atoms with Crippen molar-refractivity contribution < 1.29 is 19.0 Å². The Kier molecular flexibility index (Phi) is 6.95. The molecule has 0 aliphatic rings. The first-order valence-corrected chi connectivity index (χ1v) is 8.25. The van der Waals surface area contributed by atoms with E-state index >= 15 is 0 Å². The molecule has 0 atom stereocenters. The molecule has 6 heteroatoms. The zero-order valence-electron chi connectivity index (χ0n) is 14.6. The highest BCUT2D eigenvalue weighted by atomic mass is 35.5. The molecule has 1 N–H and O–H groups in total. The number of halogens is 1. The number of methoxy groups -OCH3 is 3. The van der Waals surface area contributed by atoms with Gasteiger partial charge in [-0.05, 0) is 35.7 Å². The SMILES string of the molecule is COc1cc(CCC(=O)NCc2ccccc2Cl)cc(OC)c1OC. The van der Waals surface area contributed by atoms with Gasteiger partial charge in [-0.1, -0.05) is 29.8 Å². The van der Waals surface area contributed by atoms with Crippen molar-refractivity contribution in [3.05, 3.63) is 52.5 Å². The van der Waals surface area contributed by atoms with Gasteiger partial charge in [-0.25, -0.2) is 0 Å². The summed E-state index contributed by atoms with van der Waals surface area (Å²) in [5, 5.41) is 3.52. The first kappa shape index (κ1) is 18.9. The Hall–Kier alpha value is -2.40. The lowest BCUT2D eigenvalue weighted by Gasteiger charge is -2.14. The number of rotatable bonds is 8. The zero-order chi connectivity index (χ0) is 18.2. The minimum Gasteiger partial charge on any atom is -0.493 e. The number of carbonyl (C=O) groups excluding carboxylic acids is 1. The van der Waals surface area contributed by atoms with Crippen LogP contribution in [-0.2, 0) is 17.8 Å². The molecule has 2 aromatic rings. The number of benzene rings is 2. The highest BCUT2D eigenvalue weighted by Gasteiger charge is 2.14. The van der Waals surface area contributed by atoms with Gasteiger partial charge in [0.25, 0.3) is 0 Å². The third-order valence-electron chi connectivity index (χ3n) is 3.80. The van der Waals surface area contributed by atoms with Crippen molar-refractivity contribution in [2.24, 2.45) is 0 Å². The first-order valence-electron chi connectivity index (χ1n) is 7.88. The Morgan fingerprint density at radius 2 is 1.68 bits per heavy atom. The summed E-state index contributed by atoms with van der Waals surface area (Å²) >= 11 is 6.09. The number of amides is 1. The van der Waals surface area contributed by atoms with Crippen molar-refractivity contribution in [2.45, 2.75) is 19.4 Å². The van der Waals surface area contributed by atoms with Crippen LogP contribution in [0.3, 0.4) is 0 Å². The van der Waals surface area contributed by atoms with Crippen LogP contribution in [0.4, 0.5) is 0 Å².